The molecule has 1 aliphatic rings. The molecule has 1 N–H and O–H groups in total. The molecule has 2 amide bonds. The van der Waals surface area contributed by atoms with E-state index in [-0.39, 0.29) is 28.2 Å². The van der Waals surface area contributed by atoms with Crippen molar-refractivity contribution >= 4 is 39.7 Å². The molecule has 1 fully saturated rings. The Bertz CT molecular complexity index is 1170. The summed E-state index contributed by atoms with van der Waals surface area (Å²) in [4.78, 5) is 37.6. The van der Waals surface area contributed by atoms with Crippen LogP contribution in [-0.2, 0) is 4.79 Å². The summed E-state index contributed by atoms with van der Waals surface area (Å²) >= 11 is 1.17. The van der Waals surface area contributed by atoms with Crippen LogP contribution in [0.4, 0.5) is 16.5 Å². The third-order valence-electron chi connectivity index (χ3n) is 5.15. The van der Waals surface area contributed by atoms with Crippen molar-refractivity contribution in [3.8, 4) is 0 Å². The Morgan fingerprint density at radius 3 is 2.65 bits per heavy atom. The predicted molar refractivity (Wildman–Crippen MR) is 117 cm³/mol. The van der Waals surface area contributed by atoms with Gasteiger partial charge in [-0.05, 0) is 32.0 Å². The molecule has 1 aliphatic heterocycles. The van der Waals surface area contributed by atoms with Crippen molar-refractivity contribution in [1.29, 1.82) is 0 Å². The smallest absolute Gasteiger partial charge is 0.285 e. The Hall–Kier alpha value is -3.66. The monoisotopic (exact) mass is 437 g/mol. The first kappa shape index (κ1) is 20.6. The maximum absolute atomic E-state index is 12.6. The Balaban J connectivity index is 1.49. The van der Waals surface area contributed by atoms with Crippen LogP contribution >= 0.6 is 11.3 Å². The summed E-state index contributed by atoms with van der Waals surface area (Å²) in [7, 11) is 0. The average molecular weight is 437 g/mol. The van der Waals surface area contributed by atoms with Gasteiger partial charge in [-0.2, -0.15) is 0 Å². The van der Waals surface area contributed by atoms with Gasteiger partial charge in [0.2, 0.25) is 11.0 Å². The maximum atomic E-state index is 12.6. The van der Waals surface area contributed by atoms with E-state index in [1.807, 2.05) is 31.2 Å². The number of benzene rings is 2. The van der Waals surface area contributed by atoms with Crippen molar-refractivity contribution in [2.75, 3.05) is 16.8 Å². The predicted octanol–water partition coefficient (Wildman–Crippen LogP) is 3.84. The number of hydrogen-bond acceptors (Lipinski definition) is 7. The summed E-state index contributed by atoms with van der Waals surface area (Å²) < 4.78 is 0. The van der Waals surface area contributed by atoms with Crippen molar-refractivity contribution in [1.82, 2.24) is 10.2 Å². The summed E-state index contributed by atoms with van der Waals surface area (Å²) in [5, 5.41) is 22.9. The lowest BCUT2D eigenvalue weighted by Gasteiger charge is -2.16. The van der Waals surface area contributed by atoms with Gasteiger partial charge in [-0.25, -0.2) is 0 Å². The lowest BCUT2D eigenvalue weighted by Crippen LogP contribution is -2.24. The van der Waals surface area contributed by atoms with Crippen LogP contribution in [0.15, 0.2) is 42.5 Å². The van der Waals surface area contributed by atoms with E-state index in [0.717, 1.165) is 11.3 Å². The Labute approximate surface area is 181 Å². The number of aromatic nitrogens is 2. The van der Waals surface area contributed by atoms with E-state index in [1.54, 1.807) is 24.0 Å². The van der Waals surface area contributed by atoms with Crippen molar-refractivity contribution in [2.24, 2.45) is 0 Å². The normalized spacial score (nSPS) is 15.9. The largest absolute Gasteiger partial charge is 0.312 e. The Morgan fingerprint density at radius 1 is 1.19 bits per heavy atom. The van der Waals surface area contributed by atoms with Gasteiger partial charge in [0.15, 0.2) is 0 Å². The number of carbonyl (C=O) groups is 2. The van der Waals surface area contributed by atoms with Crippen molar-refractivity contribution in [2.45, 2.75) is 26.2 Å². The van der Waals surface area contributed by atoms with E-state index in [9.17, 15) is 19.7 Å². The van der Waals surface area contributed by atoms with Gasteiger partial charge in [0.1, 0.15) is 10.6 Å². The molecule has 3 aromatic rings. The summed E-state index contributed by atoms with van der Waals surface area (Å²) in [5.41, 5.74) is 2.08. The zero-order valence-electron chi connectivity index (χ0n) is 16.9. The number of nitro groups is 1. The van der Waals surface area contributed by atoms with Crippen molar-refractivity contribution in [3.05, 3.63) is 74.3 Å². The maximum Gasteiger partial charge on any atom is 0.285 e. The fourth-order valence-corrected chi connectivity index (χ4v) is 4.38. The fourth-order valence-electron chi connectivity index (χ4n) is 3.55. The van der Waals surface area contributed by atoms with E-state index in [2.05, 4.69) is 15.5 Å². The lowest BCUT2D eigenvalue weighted by atomic mass is 10.1. The molecule has 10 heteroatoms. The number of para-hydroxylation sites is 1. The second kappa shape index (κ2) is 8.23. The minimum atomic E-state index is -0.623. The van der Waals surface area contributed by atoms with Gasteiger partial charge in [-0.3, -0.25) is 25.0 Å². The van der Waals surface area contributed by atoms with Crippen LogP contribution in [0.2, 0.25) is 0 Å². The van der Waals surface area contributed by atoms with Crippen LogP contribution < -0.4 is 10.2 Å². The highest BCUT2D eigenvalue weighted by molar-refractivity contribution is 7.15. The van der Waals surface area contributed by atoms with Gasteiger partial charge in [0.25, 0.3) is 11.6 Å². The van der Waals surface area contributed by atoms with Gasteiger partial charge in [0, 0.05) is 30.1 Å². The molecule has 9 nitrogen and oxygen atoms in total. The molecule has 1 unspecified atom stereocenters. The third-order valence-corrected chi connectivity index (χ3v) is 6.15. The van der Waals surface area contributed by atoms with Crippen LogP contribution in [0.1, 0.15) is 38.8 Å². The van der Waals surface area contributed by atoms with Crippen molar-refractivity contribution < 1.29 is 14.5 Å². The second-order valence-electron chi connectivity index (χ2n) is 7.37. The summed E-state index contributed by atoms with van der Waals surface area (Å²) in [6.07, 6.45) is 0.305. The quantitative estimate of drug-likeness (QED) is 0.479. The standard InChI is InChI=1S/C21H19N5O4S/c1-12-6-8-15(9-7-12)25-11-14(10-17(25)27)20-23-24-21(31-20)22-19(28)16-5-3-4-13(2)18(16)26(29)30/h3-9,14H,10-11H2,1-2H3,(H,22,24,28). The molecule has 0 bridgehead atoms. The van der Waals surface area contributed by atoms with E-state index in [0.29, 0.717) is 23.5 Å². The minimum Gasteiger partial charge on any atom is -0.312 e. The summed E-state index contributed by atoms with van der Waals surface area (Å²) in [6, 6.07) is 12.3. The van der Waals surface area contributed by atoms with Crippen molar-refractivity contribution in [3.63, 3.8) is 0 Å². The first-order chi connectivity index (χ1) is 14.8. The number of nitro benzene ring substituents is 1. The van der Waals surface area contributed by atoms with Crippen LogP contribution in [0.5, 0.6) is 0 Å². The fraction of sp³-hybridized carbons (Fsp3) is 0.238. The number of rotatable bonds is 5. The number of aryl methyl sites for hydroxylation is 2. The minimum absolute atomic E-state index is 0.00465. The van der Waals surface area contributed by atoms with Gasteiger partial charge in [0.05, 0.1) is 4.92 Å². The first-order valence-corrected chi connectivity index (χ1v) is 10.4. The highest BCUT2D eigenvalue weighted by atomic mass is 32.1. The highest BCUT2D eigenvalue weighted by Gasteiger charge is 2.34. The van der Waals surface area contributed by atoms with Crippen LogP contribution in [0, 0.1) is 24.0 Å². The van der Waals surface area contributed by atoms with E-state index in [4.69, 9.17) is 0 Å². The first-order valence-electron chi connectivity index (χ1n) is 9.59. The molecule has 0 radical (unpaired) electrons. The number of hydrogen-bond donors (Lipinski definition) is 1. The van der Waals surface area contributed by atoms with Gasteiger partial charge in [-0.1, -0.05) is 41.2 Å². The zero-order valence-corrected chi connectivity index (χ0v) is 17.7. The molecule has 2 aromatic carbocycles. The van der Waals surface area contributed by atoms with Gasteiger partial charge >= 0.3 is 0 Å². The molecule has 0 aliphatic carbocycles. The Kier molecular flexibility index (Phi) is 5.47. The molecule has 158 valence electrons. The molecule has 4 rings (SSSR count). The second-order valence-corrected chi connectivity index (χ2v) is 8.38. The molecule has 31 heavy (non-hydrogen) atoms. The molecule has 1 saturated heterocycles. The van der Waals surface area contributed by atoms with Gasteiger partial charge < -0.3 is 4.90 Å². The van der Waals surface area contributed by atoms with Crippen LogP contribution in [0.25, 0.3) is 0 Å². The molecule has 1 aromatic heterocycles. The number of carbonyl (C=O) groups excluding carboxylic acids is 2. The van der Waals surface area contributed by atoms with Gasteiger partial charge in [-0.15, -0.1) is 10.2 Å². The number of anilines is 2. The molecule has 0 spiro atoms. The lowest BCUT2D eigenvalue weighted by molar-refractivity contribution is -0.385. The summed E-state index contributed by atoms with van der Waals surface area (Å²) in [5.74, 6) is -0.753. The molecule has 0 saturated carbocycles. The number of nitrogens with zero attached hydrogens (tertiary/aromatic N) is 4. The third kappa shape index (κ3) is 4.15. The molecular formula is C21H19N5O4S. The summed E-state index contributed by atoms with van der Waals surface area (Å²) in [6.45, 7) is 4.05. The zero-order chi connectivity index (χ0) is 22.1. The molecular weight excluding hydrogens is 418 g/mol. The van der Waals surface area contributed by atoms with E-state index >= 15 is 0 Å². The Morgan fingerprint density at radius 2 is 1.94 bits per heavy atom. The molecule has 2 heterocycles. The highest BCUT2D eigenvalue weighted by Crippen LogP contribution is 2.34. The number of amides is 2. The van der Waals surface area contributed by atoms with Crippen LogP contribution in [0.3, 0.4) is 0 Å². The van der Waals surface area contributed by atoms with Crippen LogP contribution in [-0.4, -0.2) is 33.5 Å². The topological polar surface area (TPSA) is 118 Å². The molecule has 1 atom stereocenters. The SMILES string of the molecule is Cc1ccc(N2CC(c3nnc(NC(=O)c4cccc(C)c4[N+](=O)[O-])s3)CC2=O)cc1. The number of nitrogens with one attached hydrogen (secondary N) is 1. The average Bonchev–Trinajstić information content (AvgIpc) is 3.34. The van der Waals surface area contributed by atoms with E-state index in [1.165, 1.54) is 17.4 Å². The van der Waals surface area contributed by atoms with E-state index < -0.39 is 10.8 Å².